The van der Waals surface area contributed by atoms with Crippen LogP contribution in [-0.2, 0) is 4.79 Å². The molecule has 0 bridgehead atoms. The van der Waals surface area contributed by atoms with E-state index >= 15 is 0 Å². The van der Waals surface area contributed by atoms with Gasteiger partial charge in [0.1, 0.15) is 12.4 Å². The Balaban J connectivity index is 1.70. The van der Waals surface area contributed by atoms with Crippen LogP contribution in [0.2, 0.25) is 5.02 Å². The molecule has 0 atom stereocenters. The molecule has 154 valence electrons. The zero-order valence-electron chi connectivity index (χ0n) is 17.3. The third-order valence-electron chi connectivity index (χ3n) is 4.72. The number of carbonyl (C=O) groups is 1. The first kappa shape index (κ1) is 21.7. The smallest absolute Gasteiger partial charge is 0.252 e. The van der Waals surface area contributed by atoms with Crippen LogP contribution in [0.1, 0.15) is 36.5 Å². The minimum atomic E-state index is -0.165. The summed E-state index contributed by atoms with van der Waals surface area (Å²) in [5.41, 5.74) is 3.36. The molecule has 0 saturated carbocycles. The van der Waals surface area contributed by atoms with Crippen molar-refractivity contribution < 1.29 is 9.53 Å². The molecule has 0 aliphatic carbocycles. The summed E-state index contributed by atoms with van der Waals surface area (Å²) in [6.45, 7) is 5.06. The molecule has 3 aromatic carbocycles. The first-order chi connectivity index (χ1) is 14.6. The van der Waals surface area contributed by atoms with Crippen LogP contribution < -0.4 is 10.1 Å². The van der Waals surface area contributed by atoms with Gasteiger partial charge in [0.05, 0.1) is 6.54 Å². The number of amides is 1. The van der Waals surface area contributed by atoms with Crippen molar-refractivity contribution in [3.8, 4) is 5.75 Å². The Labute approximate surface area is 183 Å². The second-order valence-electron chi connectivity index (χ2n) is 7.24. The number of benzene rings is 3. The van der Waals surface area contributed by atoms with Crippen molar-refractivity contribution in [2.24, 2.45) is 0 Å². The summed E-state index contributed by atoms with van der Waals surface area (Å²) >= 11 is 6.30. The molecule has 0 aliphatic rings. The maximum absolute atomic E-state index is 13.0. The summed E-state index contributed by atoms with van der Waals surface area (Å²) in [4.78, 5) is 13.0. The predicted molar refractivity (Wildman–Crippen MR) is 125 cm³/mol. The van der Waals surface area contributed by atoms with E-state index in [0.717, 1.165) is 22.4 Å². The van der Waals surface area contributed by atoms with Gasteiger partial charge in [-0.2, -0.15) is 0 Å². The lowest BCUT2D eigenvalue weighted by Crippen LogP contribution is -2.29. The molecule has 1 amide bonds. The van der Waals surface area contributed by atoms with Crippen LogP contribution >= 0.6 is 11.6 Å². The number of hydrogen-bond donors (Lipinski definition) is 1. The van der Waals surface area contributed by atoms with Crippen LogP contribution in [-0.4, -0.2) is 19.1 Å². The highest BCUT2D eigenvalue weighted by atomic mass is 35.5. The fourth-order valence-electron chi connectivity index (χ4n) is 3.16. The Morgan fingerprint density at radius 3 is 2.37 bits per heavy atom. The molecular weight excluding hydrogens is 394 g/mol. The van der Waals surface area contributed by atoms with E-state index in [0.29, 0.717) is 29.7 Å². The van der Waals surface area contributed by atoms with Crippen molar-refractivity contribution in [2.75, 3.05) is 13.2 Å². The summed E-state index contributed by atoms with van der Waals surface area (Å²) in [6, 6.07) is 25.1. The van der Waals surface area contributed by atoms with E-state index in [2.05, 4.69) is 25.2 Å². The van der Waals surface area contributed by atoms with Gasteiger partial charge in [-0.1, -0.05) is 92.2 Å². The molecule has 0 spiro atoms. The molecule has 3 aromatic rings. The normalized spacial score (nSPS) is 11.4. The maximum Gasteiger partial charge on any atom is 0.252 e. The average Bonchev–Trinajstić information content (AvgIpc) is 2.77. The van der Waals surface area contributed by atoms with Crippen LogP contribution in [0.3, 0.4) is 0 Å². The standard InChI is InChI=1S/C26H26ClNO2/c1-19(2)22-13-7-9-15-25(22)30-17-16-28-26(29)23(20-10-4-3-5-11-20)18-21-12-6-8-14-24(21)27/h3-15,18-19H,16-17H2,1-2H3,(H,28,29)/b23-18+. The molecule has 1 N–H and O–H groups in total. The molecule has 0 aromatic heterocycles. The van der Waals surface area contributed by atoms with Gasteiger partial charge in [0.2, 0.25) is 0 Å². The van der Waals surface area contributed by atoms with Crippen molar-refractivity contribution >= 4 is 29.2 Å². The Bertz CT molecular complexity index is 1010. The molecule has 0 unspecified atom stereocenters. The fourth-order valence-corrected chi connectivity index (χ4v) is 3.35. The van der Waals surface area contributed by atoms with E-state index in [9.17, 15) is 4.79 Å². The maximum atomic E-state index is 13.0. The number of ether oxygens (including phenoxy) is 1. The van der Waals surface area contributed by atoms with Crippen molar-refractivity contribution in [3.63, 3.8) is 0 Å². The van der Waals surface area contributed by atoms with Crippen LogP contribution in [0.25, 0.3) is 11.6 Å². The average molecular weight is 420 g/mol. The Morgan fingerprint density at radius 2 is 1.63 bits per heavy atom. The van der Waals surface area contributed by atoms with Gasteiger partial charge in [0, 0.05) is 10.6 Å². The molecule has 4 heteroatoms. The zero-order valence-corrected chi connectivity index (χ0v) is 18.0. The fraction of sp³-hybridized carbons (Fsp3) is 0.192. The largest absolute Gasteiger partial charge is 0.491 e. The van der Waals surface area contributed by atoms with Gasteiger partial charge in [-0.25, -0.2) is 0 Å². The van der Waals surface area contributed by atoms with Crippen molar-refractivity contribution in [3.05, 3.63) is 101 Å². The summed E-state index contributed by atoms with van der Waals surface area (Å²) in [7, 11) is 0. The van der Waals surface area contributed by atoms with E-state index in [-0.39, 0.29) is 5.91 Å². The Hall–Kier alpha value is -3.04. The molecular formula is C26H26ClNO2. The van der Waals surface area contributed by atoms with E-state index in [1.807, 2.05) is 78.9 Å². The first-order valence-corrected chi connectivity index (χ1v) is 10.5. The third-order valence-corrected chi connectivity index (χ3v) is 5.06. The van der Waals surface area contributed by atoms with E-state index < -0.39 is 0 Å². The molecule has 3 nitrogen and oxygen atoms in total. The summed E-state index contributed by atoms with van der Waals surface area (Å²) in [6.07, 6.45) is 1.82. The molecule has 0 radical (unpaired) electrons. The number of para-hydroxylation sites is 1. The van der Waals surface area contributed by atoms with Gasteiger partial charge in [-0.3, -0.25) is 4.79 Å². The lowest BCUT2D eigenvalue weighted by molar-refractivity contribution is -0.115. The number of carbonyl (C=O) groups excluding carboxylic acids is 1. The number of hydrogen-bond acceptors (Lipinski definition) is 2. The number of nitrogens with one attached hydrogen (secondary N) is 1. The van der Waals surface area contributed by atoms with E-state index in [1.54, 1.807) is 0 Å². The lowest BCUT2D eigenvalue weighted by Gasteiger charge is -2.14. The van der Waals surface area contributed by atoms with Crippen molar-refractivity contribution in [1.29, 1.82) is 0 Å². The minimum absolute atomic E-state index is 0.165. The van der Waals surface area contributed by atoms with E-state index in [1.165, 1.54) is 0 Å². The molecule has 0 aliphatic heterocycles. The van der Waals surface area contributed by atoms with Crippen LogP contribution in [0, 0.1) is 0 Å². The highest BCUT2D eigenvalue weighted by Crippen LogP contribution is 2.26. The van der Waals surface area contributed by atoms with Crippen molar-refractivity contribution in [1.82, 2.24) is 5.32 Å². The lowest BCUT2D eigenvalue weighted by atomic mass is 10.0. The molecule has 30 heavy (non-hydrogen) atoms. The molecule has 0 fully saturated rings. The van der Waals surface area contributed by atoms with E-state index in [4.69, 9.17) is 16.3 Å². The van der Waals surface area contributed by atoms with Gasteiger partial charge in [0.25, 0.3) is 5.91 Å². The zero-order chi connectivity index (χ0) is 21.3. The summed E-state index contributed by atoms with van der Waals surface area (Å²) in [5.74, 6) is 1.07. The monoisotopic (exact) mass is 419 g/mol. The summed E-state index contributed by atoms with van der Waals surface area (Å²) in [5, 5.41) is 3.57. The predicted octanol–water partition coefficient (Wildman–Crippen LogP) is 6.20. The van der Waals surface area contributed by atoms with Crippen LogP contribution in [0.4, 0.5) is 0 Å². The third kappa shape index (κ3) is 5.74. The Kier molecular flexibility index (Phi) is 7.69. The van der Waals surface area contributed by atoms with Gasteiger partial charge in [0.15, 0.2) is 0 Å². The topological polar surface area (TPSA) is 38.3 Å². The SMILES string of the molecule is CC(C)c1ccccc1OCCNC(=O)/C(=C/c1ccccc1Cl)c1ccccc1. The van der Waals surface area contributed by atoms with Gasteiger partial charge in [-0.15, -0.1) is 0 Å². The first-order valence-electron chi connectivity index (χ1n) is 10.1. The number of halogens is 1. The number of rotatable bonds is 8. The van der Waals surface area contributed by atoms with Crippen LogP contribution in [0.15, 0.2) is 78.9 Å². The minimum Gasteiger partial charge on any atom is -0.491 e. The quantitative estimate of drug-likeness (QED) is 0.268. The molecule has 0 heterocycles. The second kappa shape index (κ2) is 10.7. The highest BCUT2D eigenvalue weighted by Gasteiger charge is 2.13. The van der Waals surface area contributed by atoms with Crippen molar-refractivity contribution in [2.45, 2.75) is 19.8 Å². The van der Waals surface area contributed by atoms with Crippen LogP contribution in [0.5, 0.6) is 5.75 Å². The van der Waals surface area contributed by atoms with Gasteiger partial charge < -0.3 is 10.1 Å². The molecule has 0 saturated heterocycles. The highest BCUT2D eigenvalue weighted by molar-refractivity contribution is 6.33. The second-order valence-corrected chi connectivity index (χ2v) is 7.65. The Morgan fingerprint density at radius 1 is 0.967 bits per heavy atom. The van der Waals surface area contributed by atoms with Gasteiger partial charge >= 0.3 is 0 Å². The molecule has 3 rings (SSSR count). The summed E-state index contributed by atoms with van der Waals surface area (Å²) < 4.78 is 5.92. The van der Waals surface area contributed by atoms with Gasteiger partial charge in [-0.05, 0) is 40.8 Å².